The maximum atomic E-state index is 14.5. The van der Waals surface area contributed by atoms with Gasteiger partial charge in [0.15, 0.2) is 11.1 Å². The first kappa shape index (κ1) is 22.0. The predicted molar refractivity (Wildman–Crippen MR) is 112 cm³/mol. The molecule has 3 rings (SSSR count). The summed E-state index contributed by atoms with van der Waals surface area (Å²) in [5.74, 6) is -0.262. The van der Waals surface area contributed by atoms with Crippen LogP contribution < -0.4 is 15.4 Å². The number of aromatic nitrogens is 1. The van der Waals surface area contributed by atoms with Crippen molar-refractivity contribution in [1.29, 1.82) is 5.41 Å². The van der Waals surface area contributed by atoms with E-state index in [2.05, 4.69) is 15.6 Å². The van der Waals surface area contributed by atoms with E-state index in [-0.39, 0.29) is 29.5 Å². The van der Waals surface area contributed by atoms with Gasteiger partial charge in [-0.1, -0.05) is 0 Å². The van der Waals surface area contributed by atoms with Crippen molar-refractivity contribution in [3.05, 3.63) is 53.6 Å². The van der Waals surface area contributed by atoms with E-state index in [1.54, 1.807) is 6.07 Å². The third-order valence-electron chi connectivity index (χ3n) is 4.61. The van der Waals surface area contributed by atoms with Gasteiger partial charge in [-0.25, -0.2) is 9.37 Å². The molecule has 1 saturated heterocycles. The third kappa shape index (κ3) is 5.07. The van der Waals surface area contributed by atoms with Crippen LogP contribution in [0.3, 0.4) is 0 Å². The number of hydrogen-bond acceptors (Lipinski definition) is 6. The average Bonchev–Trinajstić information content (AvgIpc) is 2.74. The largest absolute Gasteiger partial charge is 0.616 e. The van der Waals surface area contributed by atoms with Crippen LogP contribution in [0, 0.1) is 11.2 Å². The highest BCUT2D eigenvalue weighted by atomic mass is 32.2. The molecule has 0 bridgehead atoms. The monoisotopic (exact) mass is 434 g/mol. The van der Waals surface area contributed by atoms with E-state index in [9.17, 15) is 13.7 Å². The number of carbonyl (C=O) groups is 1. The normalized spacial score (nSPS) is 21.1. The molecule has 2 unspecified atom stereocenters. The molecule has 1 fully saturated rings. The number of nitrogens with zero attached hydrogens (tertiary/aromatic N) is 1. The standard InChI is InChI=1S/C20H23FN4O4S/c1-3-29-10-18-19(22)25-17(11-30(18)27)14-8-12(4-6-15(14)21)24-20(26)16-7-5-13(28-2)9-23-16/h4-9,17-18H,3,10-11H2,1-2H3,(H2,22,25)(H,24,26)/t17-,18?,30?/m0/s1. The lowest BCUT2D eigenvalue weighted by Crippen LogP contribution is -2.52. The second-order valence-electron chi connectivity index (χ2n) is 6.58. The van der Waals surface area contributed by atoms with Gasteiger partial charge >= 0.3 is 0 Å². The Bertz CT molecular complexity index is 912. The van der Waals surface area contributed by atoms with E-state index >= 15 is 0 Å². The molecule has 2 aromatic rings. The van der Waals surface area contributed by atoms with Crippen LogP contribution in [-0.2, 0) is 15.9 Å². The van der Waals surface area contributed by atoms with Crippen LogP contribution in [0.5, 0.6) is 5.75 Å². The molecule has 1 aromatic carbocycles. The first-order valence-electron chi connectivity index (χ1n) is 9.33. The van der Waals surface area contributed by atoms with Crippen LogP contribution in [0.1, 0.15) is 29.0 Å². The number of pyridine rings is 1. The van der Waals surface area contributed by atoms with E-state index in [0.717, 1.165) is 0 Å². The highest BCUT2D eigenvalue weighted by molar-refractivity contribution is 7.92. The van der Waals surface area contributed by atoms with Crippen molar-refractivity contribution in [2.24, 2.45) is 0 Å². The Labute approximate surface area is 176 Å². The number of benzene rings is 1. The number of carbonyl (C=O) groups excluding carboxylic acids is 1. The molecule has 0 aliphatic carbocycles. The van der Waals surface area contributed by atoms with Gasteiger partial charge in [0.1, 0.15) is 35.7 Å². The fourth-order valence-corrected chi connectivity index (χ4v) is 4.41. The summed E-state index contributed by atoms with van der Waals surface area (Å²) >= 11 is -1.39. The van der Waals surface area contributed by atoms with Crippen molar-refractivity contribution in [2.45, 2.75) is 18.2 Å². The lowest BCUT2D eigenvalue weighted by Gasteiger charge is -2.33. The summed E-state index contributed by atoms with van der Waals surface area (Å²) in [6.07, 6.45) is 1.43. The molecule has 1 aliphatic rings. The Morgan fingerprint density at radius 3 is 2.87 bits per heavy atom. The molecular formula is C20H23FN4O4S. The van der Waals surface area contributed by atoms with Gasteiger partial charge in [-0.05, 0) is 48.4 Å². The molecule has 1 aromatic heterocycles. The molecule has 10 heteroatoms. The minimum Gasteiger partial charge on any atom is -0.616 e. The summed E-state index contributed by atoms with van der Waals surface area (Å²) in [5.41, 5.74) is 0.770. The van der Waals surface area contributed by atoms with Crippen LogP contribution >= 0.6 is 0 Å². The zero-order chi connectivity index (χ0) is 21.7. The topological polar surface area (TPSA) is 119 Å². The summed E-state index contributed by atoms with van der Waals surface area (Å²) in [6.45, 7) is 2.46. The van der Waals surface area contributed by atoms with Crippen molar-refractivity contribution >= 4 is 28.6 Å². The Balaban J connectivity index is 1.73. The molecule has 3 N–H and O–H groups in total. The SMILES string of the molecule is CCOCC1C(=N)N[C@H](c2cc(NC(=O)c3ccc(OC)cn3)ccc2F)C[S+]1[O-]. The van der Waals surface area contributed by atoms with Gasteiger partial charge in [-0.2, -0.15) is 0 Å². The molecule has 1 amide bonds. The maximum absolute atomic E-state index is 14.5. The number of amidine groups is 1. The van der Waals surface area contributed by atoms with Crippen LogP contribution in [-0.4, -0.2) is 52.6 Å². The molecule has 160 valence electrons. The quantitative estimate of drug-likeness (QED) is 0.575. The Hall–Kier alpha value is -2.69. The summed E-state index contributed by atoms with van der Waals surface area (Å²) in [7, 11) is 1.50. The van der Waals surface area contributed by atoms with Gasteiger partial charge in [0.25, 0.3) is 5.91 Å². The van der Waals surface area contributed by atoms with E-state index in [1.807, 2.05) is 6.92 Å². The van der Waals surface area contributed by atoms with Gasteiger partial charge in [0.2, 0.25) is 0 Å². The highest BCUT2D eigenvalue weighted by Gasteiger charge is 2.38. The minimum absolute atomic E-state index is 0.0503. The second-order valence-corrected chi connectivity index (χ2v) is 8.24. The van der Waals surface area contributed by atoms with Crippen molar-refractivity contribution < 1.29 is 23.2 Å². The molecule has 0 spiro atoms. The smallest absolute Gasteiger partial charge is 0.274 e. The number of hydrogen-bond donors (Lipinski definition) is 3. The average molecular weight is 434 g/mol. The van der Waals surface area contributed by atoms with Crippen molar-refractivity contribution in [1.82, 2.24) is 10.3 Å². The lowest BCUT2D eigenvalue weighted by molar-refractivity contribution is 0.102. The van der Waals surface area contributed by atoms with Gasteiger partial charge in [-0.3, -0.25) is 10.2 Å². The van der Waals surface area contributed by atoms with Crippen LogP contribution in [0.15, 0.2) is 36.5 Å². The van der Waals surface area contributed by atoms with E-state index < -0.39 is 34.2 Å². The molecule has 1 aliphatic heterocycles. The predicted octanol–water partition coefficient (Wildman–Crippen LogP) is 2.26. The van der Waals surface area contributed by atoms with E-state index in [4.69, 9.17) is 14.9 Å². The van der Waals surface area contributed by atoms with Crippen molar-refractivity contribution in [3.8, 4) is 5.75 Å². The second kappa shape index (κ2) is 9.88. The molecule has 3 atom stereocenters. The zero-order valence-electron chi connectivity index (χ0n) is 16.6. The number of ether oxygens (including phenoxy) is 2. The third-order valence-corrected chi connectivity index (χ3v) is 6.28. The summed E-state index contributed by atoms with van der Waals surface area (Å²) < 4.78 is 37.3. The number of halogens is 1. The Morgan fingerprint density at radius 1 is 1.43 bits per heavy atom. The Morgan fingerprint density at radius 2 is 2.23 bits per heavy atom. The van der Waals surface area contributed by atoms with Crippen molar-refractivity contribution in [3.63, 3.8) is 0 Å². The van der Waals surface area contributed by atoms with Gasteiger partial charge in [0, 0.05) is 17.9 Å². The summed E-state index contributed by atoms with van der Waals surface area (Å²) in [5, 5.41) is 13.2. The number of anilines is 1. The fraction of sp³-hybridized carbons (Fsp3) is 0.350. The van der Waals surface area contributed by atoms with Crippen molar-refractivity contribution in [2.75, 3.05) is 31.4 Å². The number of methoxy groups -OCH3 is 1. The van der Waals surface area contributed by atoms with Gasteiger partial charge < -0.3 is 24.7 Å². The number of nitrogens with one attached hydrogen (secondary N) is 3. The molecular weight excluding hydrogens is 411 g/mol. The molecule has 30 heavy (non-hydrogen) atoms. The van der Waals surface area contributed by atoms with Crippen LogP contribution in [0.4, 0.5) is 10.1 Å². The lowest BCUT2D eigenvalue weighted by atomic mass is 10.1. The number of amides is 1. The number of rotatable bonds is 7. The highest BCUT2D eigenvalue weighted by Crippen LogP contribution is 2.27. The minimum atomic E-state index is -1.39. The summed E-state index contributed by atoms with van der Waals surface area (Å²) in [6, 6.07) is 6.62. The van der Waals surface area contributed by atoms with Gasteiger partial charge in [-0.15, -0.1) is 0 Å². The maximum Gasteiger partial charge on any atom is 0.274 e. The van der Waals surface area contributed by atoms with Crippen LogP contribution in [0.2, 0.25) is 0 Å². The molecule has 2 heterocycles. The van der Waals surface area contributed by atoms with Gasteiger partial charge in [0.05, 0.1) is 13.3 Å². The fourth-order valence-electron chi connectivity index (χ4n) is 3.00. The zero-order valence-corrected chi connectivity index (χ0v) is 17.4. The Kier molecular flexibility index (Phi) is 7.24. The molecule has 8 nitrogen and oxygen atoms in total. The van der Waals surface area contributed by atoms with E-state index in [0.29, 0.717) is 18.0 Å². The first-order valence-corrected chi connectivity index (χ1v) is 10.7. The molecule has 0 saturated carbocycles. The molecule has 0 radical (unpaired) electrons. The summed E-state index contributed by atoms with van der Waals surface area (Å²) in [4.78, 5) is 16.4. The van der Waals surface area contributed by atoms with Crippen LogP contribution in [0.25, 0.3) is 0 Å². The first-order chi connectivity index (χ1) is 14.4. The van der Waals surface area contributed by atoms with E-state index in [1.165, 1.54) is 37.6 Å².